The first-order valence-corrected chi connectivity index (χ1v) is 10.4. The zero-order valence-electron chi connectivity index (χ0n) is 15.4. The molecular weight excluding hydrogens is 350 g/mol. The minimum Gasteiger partial charge on any atom is -0.331 e. The van der Waals surface area contributed by atoms with E-state index in [1.807, 2.05) is 4.90 Å². The summed E-state index contributed by atoms with van der Waals surface area (Å²) >= 11 is 1.50. The number of thioether (sulfide) groups is 1. The van der Waals surface area contributed by atoms with Gasteiger partial charge in [-0.25, -0.2) is 0 Å². The molecule has 1 aromatic carbocycles. The highest BCUT2D eigenvalue weighted by Crippen LogP contribution is 2.34. The van der Waals surface area contributed by atoms with E-state index in [1.54, 1.807) is 12.1 Å². The second kappa shape index (κ2) is 8.39. The van der Waals surface area contributed by atoms with Crippen molar-refractivity contribution in [2.45, 2.75) is 56.5 Å². The largest absolute Gasteiger partial charge is 0.331 e. The zero-order chi connectivity index (χ0) is 18.7. The van der Waals surface area contributed by atoms with E-state index in [0.29, 0.717) is 16.4 Å². The molecule has 7 heteroatoms. The van der Waals surface area contributed by atoms with Crippen LogP contribution in [-0.4, -0.2) is 46.7 Å². The molecule has 2 aliphatic rings. The van der Waals surface area contributed by atoms with Gasteiger partial charge in [-0.05, 0) is 56.0 Å². The number of carbonyl (C=O) groups is 1. The van der Waals surface area contributed by atoms with Crippen molar-refractivity contribution < 1.29 is 9.72 Å². The SMILES string of the molecule is CC(C)CCSc1ccc(C(=O)N2C3CCNCC2CC3)cc1[N+](=O)[O-]. The van der Waals surface area contributed by atoms with Gasteiger partial charge in [-0.1, -0.05) is 13.8 Å². The van der Waals surface area contributed by atoms with Crippen LogP contribution >= 0.6 is 11.8 Å². The van der Waals surface area contributed by atoms with Crippen LogP contribution in [0.2, 0.25) is 0 Å². The first kappa shape index (κ1) is 19.2. The number of nitrogens with zero attached hydrogens (tertiary/aromatic N) is 2. The lowest BCUT2D eigenvalue weighted by molar-refractivity contribution is -0.387. The minimum atomic E-state index is -0.368. The summed E-state index contributed by atoms with van der Waals surface area (Å²) in [5.74, 6) is 1.34. The highest BCUT2D eigenvalue weighted by Gasteiger charge is 2.38. The van der Waals surface area contributed by atoms with Crippen molar-refractivity contribution in [3.05, 3.63) is 33.9 Å². The van der Waals surface area contributed by atoms with Gasteiger partial charge < -0.3 is 10.2 Å². The van der Waals surface area contributed by atoms with Crippen molar-refractivity contribution in [2.24, 2.45) is 5.92 Å². The average molecular weight is 378 g/mol. The van der Waals surface area contributed by atoms with Gasteiger partial charge in [-0.2, -0.15) is 0 Å². The van der Waals surface area contributed by atoms with Gasteiger partial charge in [-0.3, -0.25) is 14.9 Å². The highest BCUT2D eigenvalue weighted by molar-refractivity contribution is 7.99. The minimum absolute atomic E-state index is 0.0462. The maximum atomic E-state index is 13.1. The Morgan fingerprint density at radius 3 is 2.85 bits per heavy atom. The molecule has 2 atom stereocenters. The molecular formula is C19H27N3O3S. The molecule has 2 fully saturated rings. The topological polar surface area (TPSA) is 75.5 Å². The molecule has 0 saturated carbocycles. The number of rotatable bonds is 6. The summed E-state index contributed by atoms with van der Waals surface area (Å²) in [7, 11) is 0. The van der Waals surface area contributed by atoms with Gasteiger partial charge in [0.05, 0.1) is 9.82 Å². The molecule has 2 saturated heterocycles. The number of hydrogen-bond acceptors (Lipinski definition) is 5. The number of carbonyl (C=O) groups excluding carboxylic acids is 1. The van der Waals surface area contributed by atoms with Crippen molar-refractivity contribution in [1.29, 1.82) is 0 Å². The second-order valence-corrected chi connectivity index (χ2v) is 8.70. The molecule has 26 heavy (non-hydrogen) atoms. The monoisotopic (exact) mass is 377 g/mol. The molecule has 1 N–H and O–H groups in total. The normalized spacial score (nSPS) is 22.5. The van der Waals surface area contributed by atoms with E-state index in [2.05, 4.69) is 19.2 Å². The number of amides is 1. The van der Waals surface area contributed by atoms with Gasteiger partial charge in [0.2, 0.25) is 0 Å². The molecule has 0 spiro atoms. The summed E-state index contributed by atoms with van der Waals surface area (Å²) in [4.78, 5) is 26.8. The van der Waals surface area contributed by atoms with Gasteiger partial charge >= 0.3 is 0 Å². The van der Waals surface area contributed by atoms with Crippen LogP contribution in [0.1, 0.15) is 49.9 Å². The van der Waals surface area contributed by atoms with Crippen LogP contribution in [-0.2, 0) is 0 Å². The van der Waals surface area contributed by atoms with Crippen LogP contribution < -0.4 is 5.32 Å². The van der Waals surface area contributed by atoms with Gasteiger partial charge in [0.1, 0.15) is 0 Å². The molecule has 2 unspecified atom stereocenters. The third-order valence-electron chi connectivity index (χ3n) is 5.24. The van der Waals surface area contributed by atoms with E-state index in [-0.39, 0.29) is 28.6 Å². The molecule has 6 nitrogen and oxygen atoms in total. The molecule has 3 rings (SSSR count). The van der Waals surface area contributed by atoms with Gasteiger partial charge in [-0.15, -0.1) is 11.8 Å². The fourth-order valence-corrected chi connectivity index (χ4v) is 5.04. The Kier molecular flexibility index (Phi) is 6.19. The van der Waals surface area contributed by atoms with E-state index < -0.39 is 0 Å². The zero-order valence-corrected chi connectivity index (χ0v) is 16.3. The third-order valence-corrected chi connectivity index (χ3v) is 6.34. The quantitative estimate of drug-likeness (QED) is 0.465. The number of nitrogens with one attached hydrogen (secondary N) is 1. The van der Waals surface area contributed by atoms with Crippen LogP contribution in [0.3, 0.4) is 0 Å². The maximum absolute atomic E-state index is 13.1. The lowest BCUT2D eigenvalue weighted by Crippen LogP contribution is -2.42. The number of benzene rings is 1. The van der Waals surface area contributed by atoms with Crippen LogP contribution in [0.4, 0.5) is 5.69 Å². The molecule has 2 heterocycles. The lowest BCUT2D eigenvalue weighted by Gasteiger charge is -2.28. The van der Waals surface area contributed by atoms with Crippen LogP contribution in [0.5, 0.6) is 0 Å². The van der Waals surface area contributed by atoms with E-state index >= 15 is 0 Å². The maximum Gasteiger partial charge on any atom is 0.283 e. The van der Waals surface area contributed by atoms with Crippen molar-refractivity contribution >= 4 is 23.4 Å². The fourth-order valence-electron chi connectivity index (χ4n) is 3.78. The number of fused-ring (bicyclic) bond motifs is 2. The predicted molar refractivity (Wildman–Crippen MR) is 104 cm³/mol. The summed E-state index contributed by atoms with van der Waals surface area (Å²) in [6.45, 7) is 6.02. The van der Waals surface area contributed by atoms with Crippen LogP contribution in [0.15, 0.2) is 23.1 Å². The average Bonchev–Trinajstić information content (AvgIpc) is 2.86. The molecule has 2 aliphatic heterocycles. The second-order valence-electron chi connectivity index (χ2n) is 7.56. The Morgan fingerprint density at radius 1 is 1.35 bits per heavy atom. The first-order valence-electron chi connectivity index (χ1n) is 9.42. The molecule has 2 bridgehead atoms. The Balaban J connectivity index is 1.80. The van der Waals surface area contributed by atoms with Crippen LogP contribution in [0.25, 0.3) is 0 Å². The van der Waals surface area contributed by atoms with E-state index in [9.17, 15) is 14.9 Å². The Bertz CT molecular complexity index is 666. The van der Waals surface area contributed by atoms with Crippen LogP contribution in [0, 0.1) is 16.0 Å². The number of nitro groups is 1. The Morgan fingerprint density at radius 2 is 2.12 bits per heavy atom. The summed E-state index contributed by atoms with van der Waals surface area (Å²) in [6.07, 6.45) is 4.00. The third kappa shape index (κ3) is 4.20. The summed E-state index contributed by atoms with van der Waals surface area (Å²) in [5.41, 5.74) is 0.480. The van der Waals surface area contributed by atoms with Crippen molar-refractivity contribution in [1.82, 2.24) is 10.2 Å². The van der Waals surface area contributed by atoms with E-state index in [1.165, 1.54) is 17.8 Å². The first-order chi connectivity index (χ1) is 12.5. The van der Waals surface area contributed by atoms with Gasteiger partial charge in [0, 0.05) is 30.3 Å². The highest BCUT2D eigenvalue weighted by atomic mass is 32.2. The summed E-state index contributed by atoms with van der Waals surface area (Å²) < 4.78 is 0. The number of nitro benzene ring substituents is 1. The van der Waals surface area contributed by atoms with Gasteiger partial charge in [0.15, 0.2) is 0 Å². The Labute approximate surface area is 158 Å². The molecule has 0 aromatic heterocycles. The predicted octanol–water partition coefficient (Wildman–Crippen LogP) is 3.70. The van der Waals surface area contributed by atoms with Gasteiger partial charge in [0.25, 0.3) is 11.6 Å². The fraction of sp³-hybridized carbons (Fsp3) is 0.632. The molecule has 0 aliphatic carbocycles. The molecule has 142 valence electrons. The smallest absolute Gasteiger partial charge is 0.283 e. The summed E-state index contributed by atoms with van der Waals surface area (Å²) in [6, 6.07) is 5.42. The van der Waals surface area contributed by atoms with E-state index in [4.69, 9.17) is 0 Å². The molecule has 1 amide bonds. The van der Waals surface area contributed by atoms with Crippen molar-refractivity contribution in [2.75, 3.05) is 18.8 Å². The molecule has 0 radical (unpaired) electrons. The Hall–Kier alpha value is -1.60. The molecule has 1 aromatic rings. The lowest BCUT2D eigenvalue weighted by atomic mass is 10.1. The number of hydrogen-bond donors (Lipinski definition) is 1. The summed E-state index contributed by atoms with van der Waals surface area (Å²) in [5, 5.41) is 14.9. The standard InChI is InChI=1S/C19H27N3O3S/c1-13(2)8-10-26-18-6-3-14(11-17(18)22(24)25)19(23)21-15-4-5-16(21)12-20-9-7-15/h3,6,11,13,15-16,20H,4-5,7-10,12H2,1-2H3. The van der Waals surface area contributed by atoms with E-state index in [0.717, 1.165) is 44.5 Å². The van der Waals surface area contributed by atoms with Crippen molar-refractivity contribution in [3.8, 4) is 0 Å². The van der Waals surface area contributed by atoms with Crippen molar-refractivity contribution in [3.63, 3.8) is 0 Å².